The Morgan fingerprint density at radius 2 is 0.597 bits per heavy atom. The third-order valence-electron chi connectivity index (χ3n) is 12.2. The largest absolute Gasteiger partial charge is 0.462 e. The van der Waals surface area contributed by atoms with E-state index in [1.54, 1.807) is 0 Å². The van der Waals surface area contributed by atoms with Crippen LogP contribution in [-0.4, -0.2) is 37.2 Å². The third-order valence-corrected chi connectivity index (χ3v) is 12.2. The van der Waals surface area contributed by atoms with Gasteiger partial charge in [0.25, 0.3) is 0 Å². The first-order valence-corrected chi connectivity index (χ1v) is 28.5. The van der Waals surface area contributed by atoms with Crippen LogP contribution in [0.25, 0.3) is 0 Å². The summed E-state index contributed by atoms with van der Waals surface area (Å²) in [6, 6.07) is 0. The summed E-state index contributed by atoms with van der Waals surface area (Å²) in [4.78, 5) is 38.1. The fourth-order valence-electron chi connectivity index (χ4n) is 7.86. The zero-order valence-electron chi connectivity index (χ0n) is 44.2. The highest BCUT2D eigenvalue weighted by Gasteiger charge is 2.19. The van der Waals surface area contributed by atoms with Crippen LogP contribution in [-0.2, 0) is 28.6 Å². The van der Waals surface area contributed by atoms with E-state index in [4.69, 9.17) is 14.2 Å². The molecule has 0 heterocycles. The topological polar surface area (TPSA) is 78.9 Å². The zero-order chi connectivity index (χ0) is 48.6. The summed E-state index contributed by atoms with van der Waals surface area (Å²) >= 11 is 0. The van der Waals surface area contributed by atoms with E-state index < -0.39 is 6.10 Å². The van der Waals surface area contributed by atoms with Gasteiger partial charge in [0, 0.05) is 19.3 Å². The van der Waals surface area contributed by atoms with Crippen molar-refractivity contribution in [3.8, 4) is 0 Å². The quantitative estimate of drug-likeness (QED) is 0.0199. The van der Waals surface area contributed by atoms with Crippen LogP contribution in [0.15, 0.2) is 72.9 Å². The summed E-state index contributed by atoms with van der Waals surface area (Å²) in [6.07, 6.45) is 70.4. The highest BCUT2D eigenvalue weighted by molar-refractivity contribution is 5.71. The first-order valence-electron chi connectivity index (χ1n) is 28.5. The number of hydrogen-bond acceptors (Lipinski definition) is 6. The fraction of sp³-hybridized carbons (Fsp3) is 0.754. The van der Waals surface area contributed by atoms with E-state index in [0.717, 1.165) is 77.0 Å². The van der Waals surface area contributed by atoms with Gasteiger partial charge in [-0.1, -0.05) is 229 Å². The second-order valence-corrected chi connectivity index (χ2v) is 18.9. The summed E-state index contributed by atoms with van der Waals surface area (Å²) in [5.74, 6) is -0.988. The van der Waals surface area contributed by atoms with Crippen LogP contribution < -0.4 is 0 Å². The van der Waals surface area contributed by atoms with Gasteiger partial charge in [-0.15, -0.1) is 0 Å². The summed E-state index contributed by atoms with van der Waals surface area (Å²) in [5, 5.41) is 0. The average Bonchev–Trinajstić information content (AvgIpc) is 3.33. The number of carbonyl (C=O) groups excluding carboxylic acids is 3. The van der Waals surface area contributed by atoms with Crippen LogP contribution in [0.5, 0.6) is 0 Å². The molecule has 0 fully saturated rings. The first kappa shape index (κ1) is 63.8. The molecule has 0 aliphatic rings. The van der Waals surface area contributed by atoms with Crippen molar-refractivity contribution in [2.75, 3.05) is 13.2 Å². The molecule has 0 saturated heterocycles. The summed E-state index contributed by atoms with van der Waals surface area (Å²) in [7, 11) is 0. The van der Waals surface area contributed by atoms with E-state index in [0.29, 0.717) is 12.8 Å². The Labute approximate surface area is 414 Å². The lowest BCUT2D eigenvalue weighted by Crippen LogP contribution is -2.30. The third kappa shape index (κ3) is 53.7. The Balaban J connectivity index is 4.51. The second-order valence-electron chi connectivity index (χ2n) is 18.9. The van der Waals surface area contributed by atoms with Gasteiger partial charge in [-0.2, -0.15) is 0 Å². The Hall–Kier alpha value is -3.15. The number of rotatable bonds is 51. The van der Waals surface area contributed by atoms with Crippen LogP contribution in [0.4, 0.5) is 0 Å². The first-order chi connectivity index (χ1) is 33.0. The van der Waals surface area contributed by atoms with Crippen molar-refractivity contribution in [2.45, 2.75) is 284 Å². The number of allylic oxidation sites excluding steroid dienone is 12. The van der Waals surface area contributed by atoms with E-state index in [1.165, 1.54) is 154 Å². The molecule has 0 aromatic carbocycles. The van der Waals surface area contributed by atoms with Crippen molar-refractivity contribution in [2.24, 2.45) is 0 Å². The molecule has 0 saturated carbocycles. The molecular formula is C61H106O6. The molecule has 6 nitrogen and oxygen atoms in total. The van der Waals surface area contributed by atoms with Gasteiger partial charge in [-0.25, -0.2) is 0 Å². The Morgan fingerprint density at radius 3 is 1.01 bits per heavy atom. The maximum Gasteiger partial charge on any atom is 0.306 e. The molecule has 0 aliphatic heterocycles. The highest BCUT2D eigenvalue weighted by atomic mass is 16.6. The molecule has 0 radical (unpaired) electrons. The van der Waals surface area contributed by atoms with Crippen molar-refractivity contribution in [1.82, 2.24) is 0 Å². The van der Waals surface area contributed by atoms with E-state index in [9.17, 15) is 14.4 Å². The molecule has 0 aromatic heterocycles. The second kappa shape index (κ2) is 55.4. The molecule has 0 aromatic rings. The fourth-order valence-corrected chi connectivity index (χ4v) is 7.86. The SMILES string of the molecule is CCCCCCCC/C=C\C/C=C\C/C=C\CCCC(=O)OCC(COC(=O)CCCCCCC/C=C\CCCCCCCCC)OC(=O)CCCCC/C=C\C=C/CCCCCCCCC. The normalized spacial score (nSPS) is 12.6. The Morgan fingerprint density at radius 1 is 0.313 bits per heavy atom. The van der Waals surface area contributed by atoms with E-state index in [-0.39, 0.29) is 44.0 Å². The van der Waals surface area contributed by atoms with Crippen molar-refractivity contribution in [3.63, 3.8) is 0 Å². The minimum atomic E-state index is -0.813. The maximum atomic E-state index is 12.8. The van der Waals surface area contributed by atoms with Crippen LogP contribution in [0.1, 0.15) is 278 Å². The van der Waals surface area contributed by atoms with Gasteiger partial charge in [-0.05, 0) is 103 Å². The average molecular weight is 936 g/mol. The lowest BCUT2D eigenvalue weighted by molar-refractivity contribution is -0.167. The molecule has 0 aliphatic carbocycles. The molecule has 0 bridgehead atoms. The molecule has 67 heavy (non-hydrogen) atoms. The smallest absolute Gasteiger partial charge is 0.306 e. The zero-order valence-corrected chi connectivity index (χ0v) is 44.2. The van der Waals surface area contributed by atoms with Crippen molar-refractivity contribution in [1.29, 1.82) is 0 Å². The maximum absolute atomic E-state index is 12.8. The van der Waals surface area contributed by atoms with Crippen molar-refractivity contribution in [3.05, 3.63) is 72.9 Å². The number of hydrogen-bond donors (Lipinski definition) is 0. The van der Waals surface area contributed by atoms with E-state index >= 15 is 0 Å². The molecule has 6 heteroatoms. The van der Waals surface area contributed by atoms with Gasteiger partial charge in [0.05, 0.1) is 0 Å². The van der Waals surface area contributed by atoms with E-state index in [1.807, 2.05) is 0 Å². The van der Waals surface area contributed by atoms with Gasteiger partial charge in [0.1, 0.15) is 13.2 Å². The number of ether oxygens (including phenoxy) is 3. The van der Waals surface area contributed by atoms with Crippen LogP contribution >= 0.6 is 0 Å². The van der Waals surface area contributed by atoms with Gasteiger partial charge in [-0.3, -0.25) is 14.4 Å². The van der Waals surface area contributed by atoms with Gasteiger partial charge in [0.15, 0.2) is 6.10 Å². The van der Waals surface area contributed by atoms with Crippen LogP contribution in [0, 0.1) is 0 Å². The molecule has 0 rings (SSSR count). The van der Waals surface area contributed by atoms with Crippen LogP contribution in [0.2, 0.25) is 0 Å². The molecule has 0 amide bonds. The molecule has 1 atom stereocenters. The lowest BCUT2D eigenvalue weighted by Gasteiger charge is -2.18. The minimum absolute atomic E-state index is 0.106. The number of esters is 3. The molecule has 0 spiro atoms. The lowest BCUT2D eigenvalue weighted by atomic mass is 10.1. The monoisotopic (exact) mass is 935 g/mol. The Bertz CT molecular complexity index is 1260. The predicted octanol–water partition coefficient (Wildman–Crippen LogP) is 19.0. The highest BCUT2D eigenvalue weighted by Crippen LogP contribution is 2.14. The van der Waals surface area contributed by atoms with Gasteiger partial charge in [0.2, 0.25) is 0 Å². The summed E-state index contributed by atoms with van der Waals surface area (Å²) < 4.78 is 16.8. The van der Waals surface area contributed by atoms with Gasteiger partial charge >= 0.3 is 17.9 Å². The van der Waals surface area contributed by atoms with Crippen LogP contribution in [0.3, 0.4) is 0 Å². The standard InChI is InChI=1S/C61H106O6/c1-4-7-10-13-16-19-22-25-28-31-34-36-39-42-45-48-51-54-60(63)66-57-58(67-61(64)55-52-49-46-43-40-37-33-30-27-24-21-18-15-12-9-6-3)56-65-59(62)53-50-47-44-41-38-35-32-29-26-23-20-17-14-11-8-5-2/h25,28-30,32-34,36-37,40,42,45,58H,4-24,26-27,31,35,38-39,41,43-44,46-57H2,1-3H3/b28-25-,32-29-,33-30-,36-34-,40-37-,45-42-. The minimum Gasteiger partial charge on any atom is -0.462 e. The summed E-state index contributed by atoms with van der Waals surface area (Å²) in [5.41, 5.74) is 0. The molecule has 0 N–H and O–H groups in total. The number of carbonyl (C=O) groups is 3. The Kier molecular flexibility index (Phi) is 52.8. The van der Waals surface area contributed by atoms with Crippen molar-refractivity contribution < 1.29 is 28.6 Å². The molecule has 1 unspecified atom stereocenters. The summed E-state index contributed by atoms with van der Waals surface area (Å²) in [6.45, 7) is 6.57. The molecule has 386 valence electrons. The van der Waals surface area contributed by atoms with Gasteiger partial charge < -0.3 is 14.2 Å². The van der Waals surface area contributed by atoms with E-state index in [2.05, 4.69) is 93.7 Å². The number of unbranched alkanes of at least 4 members (excludes halogenated alkanes) is 29. The predicted molar refractivity (Wildman–Crippen MR) is 288 cm³/mol. The van der Waals surface area contributed by atoms with Crippen molar-refractivity contribution >= 4 is 17.9 Å². The molecular weight excluding hydrogens is 829 g/mol.